The molecule has 2 N–H and O–H groups in total. The molecule has 0 bridgehead atoms. The minimum absolute atomic E-state index is 0. The van der Waals surface area contributed by atoms with Crippen molar-refractivity contribution in [2.24, 2.45) is 0 Å². The molecular formula is C16H21ClN4OS. The number of piperidine rings is 1. The Morgan fingerprint density at radius 3 is 2.78 bits per heavy atom. The maximum absolute atomic E-state index is 12.1. The number of rotatable bonds is 4. The molecule has 5 nitrogen and oxygen atoms in total. The van der Waals surface area contributed by atoms with E-state index in [1.807, 2.05) is 25.3 Å². The van der Waals surface area contributed by atoms with Crippen LogP contribution in [-0.2, 0) is 11.2 Å². The van der Waals surface area contributed by atoms with Crippen LogP contribution in [-0.4, -0.2) is 29.0 Å². The number of halogens is 1. The first-order valence-corrected chi connectivity index (χ1v) is 8.40. The van der Waals surface area contributed by atoms with Crippen LogP contribution in [0, 0.1) is 6.92 Å². The molecule has 1 aliphatic rings. The van der Waals surface area contributed by atoms with Crippen LogP contribution in [0.25, 0.3) is 0 Å². The van der Waals surface area contributed by atoms with E-state index in [1.54, 1.807) is 17.5 Å². The summed E-state index contributed by atoms with van der Waals surface area (Å²) < 4.78 is 0. The van der Waals surface area contributed by atoms with Gasteiger partial charge >= 0.3 is 0 Å². The Bertz CT molecular complexity index is 638. The highest BCUT2D eigenvalue weighted by Gasteiger charge is 2.18. The smallest absolute Gasteiger partial charge is 0.230 e. The van der Waals surface area contributed by atoms with E-state index in [1.165, 1.54) is 4.88 Å². The Balaban J connectivity index is 0.00000192. The molecule has 0 radical (unpaired) electrons. The van der Waals surface area contributed by atoms with Gasteiger partial charge in [0.05, 0.1) is 6.42 Å². The molecule has 1 amide bonds. The largest absolute Gasteiger partial charge is 0.317 e. The fourth-order valence-electron chi connectivity index (χ4n) is 2.59. The van der Waals surface area contributed by atoms with Crippen LogP contribution in [0.3, 0.4) is 0 Å². The lowest BCUT2D eigenvalue weighted by Crippen LogP contribution is -2.26. The van der Waals surface area contributed by atoms with Crippen LogP contribution in [0.5, 0.6) is 0 Å². The second kappa shape index (κ2) is 8.38. The van der Waals surface area contributed by atoms with Gasteiger partial charge in [-0.1, -0.05) is 6.07 Å². The molecule has 0 atom stereocenters. The van der Waals surface area contributed by atoms with Crippen LogP contribution in [0.1, 0.15) is 34.9 Å². The third-order valence-electron chi connectivity index (χ3n) is 3.85. The van der Waals surface area contributed by atoms with Crippen molar-refractivity contribution in [1.82, 2.24) is 15.3 Å². The first-order chi connectivity index (χ1) is 10.7. The zero-order valence-corrected chi connectivity index (χ0v) is 14.7. The number of hydrogen-bond acceptors (Lipinski definition) is 5. The third kappa shape index (κ3) is 4.99. The summed E-state index contributed by atoms with van der Waals surface area (Å²) in [7, 11) is 0. The van der Waals surface area contributed by atoms with Gasteiger partial charge in [-0.3, -0.25) is 9.78 Å². The number of nitrogens with zero attached hydrogens (tertiary/aromatic N) is 2. The Hall–Kier alpha value is -1.50. The van der Waals surface area contributed by atoms with Crippen molar-refractivity contribution in [1.29, 1.82) is 0 Å². The van der Waals surface area contributed by atoms with Crippen molar-refractivity contribution in [3.8, 4) is 0 Å². The van der Waals surface area contributed by atoms with Crippen LogP contribution in [0.15, 0.2) is 24.5 Å². The van der Waals surface area contributed by atoms with E-state index in [0.29, 0.717) is 17.5 Å². The number of thiazole rings is 1. The number of aryl methyl sites for hydroxylation is 1. The SMILES string of the molecule is Cc1ccc(CC(=O)Nc2ncc(C3CCNCC3)s2)cn1.Cl. The molecule has 3 heterocycles. The Kier molecular flexibility index (Phi) is 6.50. The quantitative estimate of drug-likeness (QED) is 0.887. The minimum Gasteiger partial charge on any atom is -0.317 e. The van der Waals surface area contributed by atoms with Crippen LogP contribution in [0.4, 0.5) is 5.13 Å². The maximum atomic E-state index is 12.1. The van der Waals surface area contributed by atoms with Crippen LogP contribution < -0.4 is 10.6 Å². The monoisotopic (exact) mass is 352 g/mol. The first-order valence-electron chi connectivity index (χ1n) is 7.58. The summed E-state index contributed by atoms with van der Waals surface area (Å²) in [5, 5.41) is 6.95. The zero-order valence-electron chi connectivity index (χ0n) is 13.0. The zero-order chi connectivity index (χ0) is 15.4. The summed E-state index contributed by atoms with van der Waals surface area (Å²) in [6.45, 7) is 4.05. The molecule has 0 spiro atoms. The van der Waals surface area contributed by atoms with Crippen molar-refractivity contribution in [2.45, 2.75) is 32.1 Å². The van der Waals surface area contributed by atoms with Crippen LogP contribution in [0.2, 0.25) is 0 Å². The van der Waals surface area contributed by atoms with E-state index in [0.717, 1.165) is 37.2 Å². The standard InChI is InChI=1S/C16H20N4OS.ClH/c1-11-2-3-12(9-18-11)8-15(21)20-16-19-10-14(22-16)13-4-6-17-7-5-13;/h2-3,9-10,13,17H,4-8H2,1H3,(H,19,20,21);1H. The number of pyridine rings is 1. The lowest BCUT2D eigenvalue weighted by atomic mass is 9.97. The second-order valence-corrected chi connectivity index (χ2v) is 6.69. The highest BCUT2D eigenvalue weighted by atomic mass is 35.5. The number of amides is 1. The normalized spacial score (nSPS) is 15.0. The molecule has 124 valence electrons. The lowest BCUT2D eigenvalue weighted by Gasteiger charge is -2.20. The van der Waals surface area contributed by atoms with Gasteiger partial charge < -0.3 is 10.6 Å². The van der Waals surface area contributed by atoms with Gasteiger partial charge in [-0.05, 0) is 50.4 Å². The van der Waals surface area contributed by atoms with Gasteiger partial charge in [0, 0.05) is 23.0 Å². The topological polar surface area (TPSA) is 66.9 Å². The molecule has 2 aromatic heterocycles. The number of carbonyl (C=O) groups excluding carboxylic acids is 1. The van der Waals surface area contributed by atoms with E-state index in [9.17, 15) is 4.79 Å². The van der Waals surface area contributed by atoms with Gasteiger partial charge in [-0.15, -0.1) is 23.7 Å². The van der Waals surface area contributed by atoms with Crippen molar-refractivity contribution >= 4 is 34.8 Å². The summed E-state index contributed by atoms with van der Waals surface area (Å²) >= 11 is 1.59. The van der Waals surface area contributed by atoms with Gasteiger partial charge in [-0.25, -0.2) is 4.98 Å². The van der Waals surface area contributed by atoms with Gasteiger partial charge in [0.1, 0.15) is 0 Å². The summed E-state index contributed by atoms with van der Waals surface area (Å²) in [6, 6.07) is 3.85. The molecule has 2 aromatic rings. The highest BCUT2D eigenvalue weighted by Crippen LogP contribution is 2.31. The van der Waals surface area contributed by atoms with E-state index in [-0.39, 0.29) is 18.3 Å². The molecule has 1 aliphatic heterocycles. The average Bonchev–Trinajstić information content (AvgIpc) is 2.99. The Labute approximate surface area is 146 Å². The minimum atomic E-state index is -0.0446. The third-order valence-corrected chi connectivity index (χ3v) is 4.92. The molecule has 1 saturated heterocycles. The van der Waals surface area contributed by atoms with Gasteiger partial charge in [0.2, 0.25) is 5.91 Å². The predicted molar refractivity (Wildman–Crippen MR) is 95.5 cm³/mol. The van der Waals surface area contributed by atoms with Crippen LogP contribution >= 0.6 is 23.7 Å². The van der Waals surface area contributed by atoms with E-state index >= 15 is 0 Å². The molecule has 0 aromatic carbocycles. The lowest BCUT2D eigenvalue weighted by molar-refractivity contribution is -0.115. The molecule has 0 unspecified atom stereocenters. The molecule has 7 heteroatoms. The van der Waals surface area contributed by atoms with E-state index in [4.69, 9.17) is 0 Å². The van der Waals surface area contributed by atoms with Crippen molar-refractivity contribution in [2.75, 3.05) is 18.4 Å². The van der Waals surface area contributed by atoms with E-state index in [2.05, 4.69) is 20.6 Å². The fraction of sp³-hybridized carbons (Fsp3) is 0.438. The molecule has 0 aliphatic carbocycles. The van der Waals surface area contributed by atoms with Crippen molar-refractivity contribution < 1.29 is 4.79 Å². The number of hydrogen-bond donors (Lipinski definition) is 2. The second-order valence-electron chi connectivity index (χ2n) is 5.62. The first kappa shape index (κ1) is 17.8. The Morgan fingerprint density at radius 1 is 1.30 bits per heavy atom. The average molecular weight is 353 g/mol. The number of nitrogens with one attached hydrogen (secondary N) is 2. The van der Waals surface area contributed by atoms with Gasteiger partial charge in [-0.2, -0.15) is 0 Å². The molecule has 0 saturated carbocycles. The van der Waals surface area contributed by atoms with Crippen molar-refractivity contribution in [3.63, 3.8) is 0 Å². The molecule has 23 heavy (non-hydrogen) atoms. The number of anilines is 1. The number of carbonyl (C=O) groups is 1. The van der Waals surface area contributed by atoms with Gasteiger partial charge in [0.15, 0.2) is 5.13 Å². The Morgan fingerprint density at radius 2 is 2.09 bits per heavy atom. The molecule has 1 fully saturated rings. The highest BCUT2D eigenvalue weighted by molar-refractivity contribution is 7.15. The maximum Gasteiger partial charge on any atom is 0.230 e. The predicted octanol–water partition coefficient (Wildman–Crippen LogP) is 2.92. The van der Waals surface area contributed by atoms with Gasteiger partial charge in [0.25, 0.3) is 0 Å². The van der Waals surface area contributed by atoms with E-state index < -0.39 is 0 Å². The molecule has 3 rings (SSSR count). The van der Waals surface area contributed by atoms with Crippen molar-refractivity contribution in [3.05, 3.63) is 40.7 Å². The summed E-state index contributed by atoms with van der Waals surface area (Å²) in [5.41, 5.74) is 1.87. The summed E-state index contributed by atoms with van der Waals surface area (Å²) in [6.07, 6.45) is 6.27. The molecular weight excluding hydrogens is 332 g/mol. The number of aromatic nitrogens is 2. The fourth-order valence-corrected chi connectivity index (χ4v) is 3.59. The summed E-state index contributed by atoms with van der Waals surface area (Å²) in [4.78, 5) is 21.9. The summed E-state index contributed by atoms with van der Waals surface area (Å²) in [5.74, 6) is 0.530.